The summed E-state index contributed by atoms with van der Waals surface area (Å²) in [5.74, 6) is -0.378. The number of amides is 1. The van der Waals surface area contributed by atoms with Gasteiger partial charge in [0.1, 0.15) is 5.75 Å². The molecule has 0 radical (unpaired) electrons. The zero-order chi connectivity index (χ0) is 16.7. The van der Waals surface area contributed by atoms with E-state index >= 15 is 0 Å². The number of nitrogens with one attached hydrogen (secondary N) is 1. The van der Waals surface area contributed by atoms with Crippen molar-refractivity contribution < 1.29 is 14.7 Å². The van der Waals surface area contributed by atoms with Gasteiger partial charge in [-0.2, -0.15) is 5.10 Å². The number of hydrazone groups is 1. The highest BCUT2D eigenvalue weighted by Gasteiger charge is 2.03. The topological polar surface area (TPSA) is 83.3 Å². The summed E-state index contributed by atoms with van der Waals surface area (Å²) in [5, 5.41) is 19.2. The van der Waals surface area contributed by atoms with Crippen LogP contribution in [0.3, 0.4) is 0 Å². The van der Waals surface area contributed by atoms with Crippen molar-refractivity contribution in [1.29, 1.82) is 0 Å². The van der Waals surface area contributed by atoms with Gasteiger partial charge in [0.2, 0.25) is 0 Å². The van der Waals surface area contributed by atoms with Crippen molar-refractivity contribution in [2.24, 2.45) is 10.3 Å². The van der Waals surface area contributed by atoms with Crippen LogP contribution in [0.2, 0.25) is 0 Å². The number of phenols is 1. The molecule has 2 aromatic rings. The van der Waals surface area contributed by atoms with E-state index in [0.29, 0.717) is 11.3 Å². The lowest BCUT2D eigenvalue weighted by Gasteiger charge is -2.01. The van der Waals surface area contributed by atoms with Gasteiger partial charge in [0.05, 0.1) is 16.8 Å². The molecule has 0 saturated carbocycles. The number of aromatic hydroxyl groups is 1. The van der Waals surface area contributed by atoms with E-state index in [1.807, 2.05) is 17.5 Å². The van der Waals surface area contributed by atoms with E-state index in [4.69, 9.17) is 4.84 Å². The Balaban J connectivity index is 1.80. The van der Waals surface area contributed by atoms with E-state index in [1.54, 1.807) is 30.4 Å². The fraction of sp³-hybridized carbons (Fsp3) is 0.133. The summed E-state index contributed by atoms with van der Waals surface area (Å²) in [7, 11) is 0. The van der Waals surface area contributed by atoms with Gasteiger partial charge in [0, 0.05) is 10.0 Å². The zero-order valence-corrected chi connectivity index (χ0v) is 14.6. The van der Waals surface area contributed by atoms with Crippen LogP contribution in [0.25, 0.3) is 0 Å². The molecule has 0 fully saturated rings. The number of halogens is 1. The second kappa shape index (κ2) is 8.44. The molecule has 0 aliphatic carbocycles. The number of hydrogen-bond acceptors (Lipinski definition) is 6. The van der Waals surface area contributed by atoms with Crippen molar-refractivity contribution in [2.45, 2.75) is 6.92 Å². The second-order valence-electron chi connectivity index (χ2n) is 4.42. The van der Waals surface area contributed by atoms with E-state index < -0.39 is 5.91 Å². The van der Waals surface area contributed by atoms with Gasteiger partial charge < -0.3 is 9.94 Å². The maximum atomic E-state index is 11.6. The second-order valence-corrected chi connectivity index (χ2v) is 6.29. The molecule has 120 valence electrons. The highest BCUT2D eigenvalue weighted by Crippen LogP contribution is 2.19. The standard InChI is InChI=1S/C15H14BrN3O3S/c1-10(14-3-2-6-23-14)19-22-9-15(21)18-17-8-11-7-12(16)4-5-13(11)20/h2-8,20H,9H2,1H3,(H,18,21)/b17-8+,19-10-. The highest BCUT2D eigenvalue weighted by molar-refractivity contribution is 9.10. The molecule has 1 aromatic carbocycles. The van der Waals surface area contributed by atoms with E-state index in [9.17, 15) is 9.90 Å². The Morgan fingerprint density at radius 2 is 2.30 bits per heavy atom. The normalized spacial score (nSPS) is 11.7. The number of thiophene rings is 1. The van der Waals surface area contributed by atoms with Crippen LogP contribution in [0.5, 0.6) is 5.75 Å². The molecule has 23 heavy (non-hydrogen) atoms. The largest absolute Gasteiger partial charge is 0.507 e. The van der Waals surface area contributed by atoms with Crippen LogP contribution in [-0.4, -0.2) is 29.5 Å². The third kappa shape index (κ3) is 5.50. The first kappa shape index (κ1) is 17.2. The quantitative estimate of drug-likeness (QED) is 0.582. The maximum Gasteiger partial charge on any atom is 0.280 e. The average molecular weight is 396 g/mol. The van der Waals surface area contributed by atoms with Crippen molar-refractivity contribution >= 4 is 45.1 Å². The predicted molar refractivity (Wildman–Crippen MR) is 94.0 cm³/mol. The van der Waals surface area contributed by atoms with Crippen molar-refractivity contribution in [3.8, 4) is 5.75 Å². The fourth-order valence-electron chi connectivity index (χ4n) is 1.55. The van der Waals surface area contributed by atoms with E-state index in [-0.39, 0.29) is 12.4 Å². The summed E-state index contributed by atoms with van der Waals surface area (Å²) in [5.41, 5.74) is 3.48. The van der Waals surface area contributed by atoms with Crippen LogP contribution in [0.15, 0.2) is 50.4 Å². The van der Waals surface area contributed by atoms with Gasteiger partial charge in [-0.15, -0.1) is 11.3 Å². The summed E-state index contributed by atoms with van der Waals surface area (Å²) >= 11 is 4.83. The minimum Gasteiger partial charge on any atom is -0.507 e. The lowest BCUT2D eigenvalue weighted by atomic mass is 10.2. The molecule has 0 aliphatic rings. The van der Waals surface area contributed by atoms with Crippen molar-refractivity contribution in [3.63, 3.8) is 0 Å². The molecule has 1 aromatic heterocycles. The van der Waals surface area contributed by atoms with Crippen molar-refractivity contribution in [1.82, 2.24) is 5.43 Å². The molecule has 1 amide bonds. The van der Waals surface area contributed by atoms with Gasteiger partial charge in [-0.05, 0) is 36.6 Å². The molecular weight excluding hydrogens is 382 g/mol. The zero-order valence-electron chi connectivity index (χ0n) is 12.2. The van der Waals surface area contributed by atoms with Gasteiger partial charge >= 0.3 is 0 Å². The minimum absolute atomic E-state index is 0.0682. The van der Waals surface area contributed by atoms with Crippen LogP contribution in [-0.2, 0) is 9.63 Å². The molecule has 0 saturated heterocycles. The number of nitrogens with zero attached hydrogens (tertiary/aromatic N) is 2. The molecule has 0 aliphatic heterocycles. The summed E-state index contributed by atoms with van der Waals surface area (Å²) in [4.78, 5) is 17.5. The smallest absolute Gasteiger partial charge is 0.280 e. The predicted octanol–water partition coefficient (Wildman–Crippen LogP) is 3.11. The summed E-state index contributed by atoms with van der Waals surface area (Å²) in [6, 6.07) is 8.74. The number of benzene rings is 1. The number of oxime groups is 1. The van der Waals surface area contributed by atoms with Gasteiger partial charge in [-0.25, -0.2) is 5.43 Å². The Hall–Kier alpha value is -2.19. The third-order valence-electron chi connectivity index (χ3n) is 2.66. The number of phenolic OH excluding ortho intramolecular Hbond substituents is 1. The Bertz CT molecular complexity index is 730. The molecule has 0 unspecified atom stereocenters. The van der Waals surface area contributed by atoms with E-state index in [2.05, 4.69) is 31.6 Å². The Morgan fingerprint density at radius 1 is 1.48 bits per heavy atom. The molecule has 0 bridgehead atoms. The highest BCUT2D eigenvalue weighted by atomic mass is 79.9. The first-order valence-corrected chi connectivity index (χ1v) is 8.24. The average Bonchev–Trinajstić information content (AvgIpc) is 3.05. The number of hydrogen-bond donors (Lipinski definition) is 2. The summed E-state index contributed by atoms with van der Waals surface area (Å²) in [6.45, 7) is 1.56. The molecule has 2 rings (SSSR count). The molecule has 1 heterocycles. The van der Waals surface area contributed by atoms with E-state index in [0.717, 1.165) is 9.35 Å². The first-order chi connectivity index (χ1) is 11.1. The molecule has 0 spiro atoms. The van der Waals surface area contributed by atoms with Gasteiger partial charge in [-0.1, -0.05) is 27.2 Å². The SMILES string of the molecule is C/C(=N/OCC(=O)N/N=C/c1cc(Br)ccc1O)c1cccs1. The van der Waals surface area contributed by atoms with Gasteiger partial charge in [0.15, 0.2) is 6.61 Å². The van der Waals surface area contributed by atoms with Crippen molar-refractivity contribution in [3.05, 3.63) is 50.6 Å². The number of carbonyl (C=O) groups excluding carboxylic acids is 1. The van der Waals surface area contributed by atoms with Crippen LogP contribution in [0.1, 0.15) is 17.4 Å². The lowest BCUT2D eigenvalue weighted by molar-refractivity contribution is -0.125. The Kier molecular flexibility index (Phi) is 6.30. The molecule has 2 N–H and O–H groups in total. The van der Waals surface area contributed by atoms with E-state index in [1.165, 1.54) is 12.3 Å². The monoisotopic (exact) mass is 395 g/mol. The van der Waals surface area contributed by atoms with Gasteiger partial charge in [0.25, 0.3) is 5.91 Å². The number of rotatable bonds is 6. The lowest BCUT2D eigenvalue weighted by Crippen LogP contribution is -2.22. The van der Waals surface area contributed by atoms with Crippen molar-refractivity contribution in [2.75, 3.05) is 6.61 Å². The van der Waals surface area contributed by atoms with Crippen LogP contribution in [0, 0.1) is 0 Å². The third-order valence-corrected chi connectivity index (χ3v) is 4.13. The molecule has 8 heteroatoms. The minimum atomic E-state index is -0.446. The van der Waals surface area contributed by atoms with Crippen LogP contribution in [0.4, 0.5) is 0 Å². The first-order valence-electron chi connectivity index (χ1n) is 6.57. The molecule has 0 atom stereocenters. The summed E-state index contributed by atoms with van der Waals surface area (Å²) < 4.78 is 0.796. The summed E-state index contributed by atoms with van der Waals surface area (Å²) in [6.07, 6.45) is 1.35. The van der Waals surface area contributed by atoms with Crippen LogP contribution < -0.4 is 5.43 Å². The maximum absolute atomic E-state index is 11.6. The van der Waals surface area contributed by atoms with Crippen LogP contribution >= 0.6 is 27.3 Å². The molecule has 6 nitrogen and oxygen atoms in total. The number of carbonyl (C=O) groups is 1. The molecular formula is C15H14BrN3O3S. The Labute approximate surface area is 145 Å². The fourth-order valence-corrected chi connectivity index (χ4v) is 2.60. The Morgan fingerprint density at radius 3 is 3.04 bits per heavy atom. The van der Waals surface area contributed by atoms with Gasteiger partial charge in [-0.3, -0.25) is 4.79 Å².